The Balaban J connectivity index is 0.000000165. The second-order valence-corrected chi connectivity index (χ2v) is 14.0. The molecule has 4 heteroatoms. The van der Waals surface area contributed by atoms with Crippen LogP contribution in [0.3, 0.4) is 0 Å². The molecule has 36 heavy (non-hydrogen) atoms. The van der Waals surface area contributed by atoms with Crippen LogP contribution in [-0.4, -0.2) is 24.3 Å². The largest absolute Gasteiger partial charge is 0.340 e. The molecule has 1 aromatic heterocycles. The van der Waals surface area contributed by atoms with Gasteiger partial charge in [0.1, 0.15) is 8.07 Å². The number of rotatable bonds is 7. The molecule has 1 heterocycles. The maximum Gasteiger partial charge on any atom is 0.206 e. The van der Waals surface area contributed by atoms with Crippen molar-refractivity contribution in [2.24, 2.45) is 0 Å². The zero-order valence-corrected chi connectivity index (χ0v) is 21.9. The van der Waals surface area contributed by atoms with Gasteiger partial charge >= 0.3 is 0 Å². The van der Waals surface area contributed by atoms with Crippen molar-refractivity contribution in [2.75, 3.05) is 0 Å². The second kappa shape index (κ2) is 11.4. The summed E-state index contributed by atoms with van der Waals surface area (Å²) < 4.78 is 2.28. The molecule has 1 aliphatic carbocycles. The maximum absolute atomic E-state index is 4.26. The lowest BCUT2D eigenvalue weighted by atomic mass is 9.43. The molecule has 4 aromatic carbocycles. The summed E-state index contributed by atoms with van der Waals surface area (Å²) in [5.74, 6) is 0. The van der Waals surface area contributed by atoms with Crippen LogP contribution in [0, 0.1) is 0 Å². The fourth-order valence-electron chi connectivity index (χ4n) is 5.34. The highest BCUT2D eigenvalue weighted by molar-refractivity contribution is 7.03. The topological polar surface area (TPSA) is 17.8 Å². The van der Waals surface area contributed by atoms with Crippen molar-refractivity contribution < 1.29 is 0 Å². The van der Waals surface area contributed by atoms with E-state index in [9.17, 15) is 0 Å². The normalized spacial score (nSPS) is 12.9. The molecule has 0 atom stereocenters. The van der Waals surface area contributed by atoms with Gasteiger partial charge < -0.3 is 4.57 Å². The third-order valence-corrected chi connectivity index (χ3v) is 13.0. The van der Waals surface area contributed by atoms with Gasteiger partial charge in [0.05, 0.1) is 6.33 Å². The van der Waals surface area contributed by atoms with Crippen molar-refractivity contribution in [2.45, 2.75) is 31.4 Å². The average molecular weight is 485 g/mol. The molecule has 0 amide bonds. The third kappa shape index (κ3) is 5.44. The van der Waals surface area contributed by atoms with E-state index in [4.69, 9.17) is 0 Å². The first-order valence-electron chi connectivity index (χ1n) is 12.9. The lowest BCUT2D eigenvalue weighted by Crippen LogP contribution is -2.62. The molecule has 178 valence electrons. The second-order valence-electron chi connectivity index (χ2n) is 9.76. The Hall–Kier alpha value is -3.63. The van der Waals surface area contributed by atoms with E-state index in [0.717, 1.165) is 11.7 Å². The minimum atomic E-state index is -1.80. The van der Waals surface area contributed by atoms with Gasteiger partial charge in [-0.05, 0) is 5.54 Å². The molecule has 5 aromatic rings. The van der Waals surface area contributed by atoms with Gasteiger partial charge in [-0.2, -0.15) is 0 Å². The predicted octanol–water partition coefficient (Wildman–Crippen LogP) is 4.77. The maximum atomic E-state index is 4.26. The predicted molar refractivity (Wildman–Crippen MR) is 157 cm³/mol. The summed E-state index contributed by atoms with van der Waals surface area (Å²) in [5.41, 5.74) is 3.59. The molecule has 1 aliphatic rings. The fourth-order valence-corrected chi connectivity index (χ4v) is 10.7. The smallest absolute Gasteiger partial charge is 0.206 e. The van der Waals surface area contributed by atoms with E-state index in [1.165, 1.54) is 23.8 Å². The SMILES string of the molecule is CB(c1ccccc1)c1ccccc1.c1ccc([Si](Cn2ccnc2)(c2ccccc2)C2CC2)cc1. The van der Waals surface area contributed by atoms with E-state index in [-0.39, 0.29) is 0 Å². The molecule has 0 radical (unpaired) electrons. The van der Waals surface area contributed by atoms with E-state index in [1.54, 1.807) is 10.4 Å². The van der Waals surface area contributed by atoms with E-state index >= 15 is 0 Å². The number of imidazole rings is 1. The lowest BCUT2D eigenvalue weighted by Gasteiger charge is -2.33. The van der Waals surface area contributed by atoms with Crippen molar-refractivity contribution in [1.82, 2.24) is 9.55 Å². The molecule has 0 bridgehead atoms. The van der Waals surface area contributed by atoms with E-state index in [0.29, 0.717) is 6.71 Å². The summed E-state index contributed by atoms with van der Waals surface area (Å²) in [6.45, 7) is 2.72. The minimum Gasteiger partial charge on any atom is -0.340 e. The number of benzene rings is 4. The Bertz CT molecular complexity index is 1230. The highest BCUT2D eigenvalue weighted by Gasteiger charge is 2.50. The fraction of sp³-hybridized carbons (Fsp3) is 0.156. The van der Waals surface area contributed by atoms with Gasteiger partial charge in [-0.15, -0.1) is 0 Å². The van der Waals surface area contributed by atoms with Crippen molar-refractivity contribution in [3.63, 3.8) is 0 Å². The summed E-state index contributed by atoms with van der Waals surface area (Å²) in [6, 6.07) is 43.6. The van der Waals surface area contributed by atoms with Crippen LogP contribution in [0.15, 0.2) is 140 Å². The number of aromatic nitrogens is 2. The van der Waals surface area contributed by atoms with E-state index in [2.05, 4.69) is 144 Å². The van der Waals surface area contributed by atoms with Crippen LogP contribution in [0.5, 0.6) is 0 Å². The zero-order chi connectivity index (χ0) is 24.6. The summed E-state index contributed by atoms with van der Waals surface area (Å²) in [4.78, 5) is 4.26. The van der Waals surface area contributed by atoms with Crippen LogP contribution < -0.4 is 21.3 Å². The van der Waals surface area contributed by atoms with Crippen molar-refractivity contribution >= 4 is 36.1 Å². The molecule has 0 N–H and O–H groups in total. The first kappa shape index (κ1) is 24.1. The van der Waals surface area contributed by atoms with Crippen LogP contribution in [-0.2, 0) is 6.17 Å². The van der Waals surface area contributed by atoms with Gasteiger partial charge in [0.25, 0.3) is 0 Å². The van der Waals surface area contributed by atoms with Crippen molar-refractivity contribution in [3.8, 4) is 0 Å². The van der Waals surface area contributed by atoms with Crippen molar-refractivity contribution in [3.05, 3.63) is 140 Å². The molecule has 0 saturated heterocycles. The Kier molecular flexibility index (Phi) is 7.63. The quantitative estimate of drug-likeness (QED) is 0.304. The van der Waals surface area contributed by atoms with Crippen LogP contribution in [0.25, 0.3) is 0 Å². The molecule has 1 fully saturated rings. The van der Waals surface area contributed by atoms with Crippen molar-refractivity contribution in [1.29, 1.82) is 0 Å². The van der Waals surface area contributed by atoms with Gasteiger partial charge in [0.2, 0.25) is 6.71 Å². The lowest BCUT2D eigenvalue weighted by molar-refractivity contribution is 0.849. The monoisotopic (exact) mass is 484 g/mol. The van der Waals surface area contributed by atoms with Crippen LogP contribution in [0.4, 0.5) is 0 Å². The van der Waals surface area contributed by atoms with Gasteiger partial charge in [-0.25, -0.2) is 4.98 Å². The summed E-state index contributed by atoms with van der Waals surface area (Å²) in [5, 5.41) is 3.11. The van der Waals surface area contributed by atoms with Crippen LogP contribution >= 0.6 is 0 Å². The molecule has 0 unspecified atom stereocenters. The Morgan fingerprint density at radius 2 is 1.14 bits per heavy atom. The summed E-state index contributed by atoms with van der Waals surface area (Å²) >= 11 is 0. The molecule has 6 rings (SSSR count). The first-order chi connectivity index (χ1) is 17.8. The number of hydrogen-bond donors (Lipinski definition) is 0. The third-order valence-electron chi connectivity index (χ3n) is 7.44. The first-order valence-corrected chi connectivity index (χ1v) is 15.2. The van der Waals surface area contributed by atoms with Crippen LogP contribution in [0.2, 0.25) is 12.4 Å². The van der Waals surface area contributed by atoms with Crippen LogP contribution in [0.1, 0.15) is 12.8 Å². The number of hydrogen-bond acceptors (Lipinski definition) is 1. The molecule has 1 saturated carbocycles. The molecular weight excluding hydrogens is 451 g/mol. The summed E-state index contributed by atoms with van der Waals surface area (Å²) in [6.07, 6.45) is 9.79. The Morgan fingerprint density at radius 3 is 1.53 bits per heavy atom. The standard InChI is InChI=1S/C19H20N2Si.C13H13B/c1-3-7-17(8-4-1)22(19-11-12-19,16-21-14-13-20-15-21)18-9-5-2-6-10-18;1-14(12-8-4-2-5-9-12)13-10-6-3-7-11-13/h1-10,13-15,19H,11-12,16H2;2-11H,1H3. The molecule has 0 aliphatic heterocycles. The Labute approximate surface area is 216 Å². The van der Waals surface area contributed by atoms with Gasteiger partial charge in [0, 0.05) is 18.6 Å². The molecular formula is C32H33BN2Si. The highest BCUT2D eigenvalue weighted by atomic mass is 28.3. The summed E-state index contributed by atoms with van der Waals surface area (Å²) in [7, 11) is -1.80. The van der Waals surface area contributed by atoms with Gasteiger partial charge in [0.15, 0.2) is 0 Å². The van der Waals surface area contributed by atoms with E-state index in [1.807, 2.05) is 12.5 Å². The average Bonchev–Trinajstić information content (AvgIpc) is 3.70. The number of nitrogens with zero attached hydrogens (tertiary/aromatic N) is 2. The van der Waals surface area contributed by atoms with Gasteiger partial charge in [-0.3, -0.25) is 0 Å². The molecule has 0 spiro atoms. The minimum absolute atomic E-state index is 0.484. The Morgan fingerprint density at radius 1 is 0.694 bits per heavy atom. The molecule has 2 nitrogen and oxygen atoms in total. The van der Waals surface area contributed by atoms with Gasteiger partial charge in [-0.1, -0.05) is 162 Å². The van der Waals surface area contributed by atoms with E-state index < -0.39 is 8.07 Å². The zero-order valence-electron chi connectivity index (χ0n) is 20.9. The highest BCUT2D eigenvalue weighted by Crippen LogP contribution is 2.45.